The number of carbonyl (C=O) groups is 1. The van der Waals surface area contributed by atoms with Crippen molar-refractivity contribution in [2.75, 3.05) is 6.54 Å². The summed E-state index contributed by atoms with van der Waals surface area (Å²) in [7, 11) is 0. The molecule has 0 fully saturated rings. The zero-order valence-electron chi connectivity index (χ0n) is 10.1. The molecule has 0 aromatic heterocycles. The first-order valence-electron chi connectivity index (χ1n) is 5.78. The van der Waals surface area contributed by atoms with E-state index in [1.54, 1.807) is 0 Å². The number of carboxylic acid groups (broad SMARTS) is 1. The molecule has 0 saturated carbocycles. The van der Waals surface area contributed by atoms with Crippen LogP contribution in [0.25, 0.3) is 0 Å². The maximum absolute atomic E-state index is 11.1. The molecule has 15 heavy (non-hydrogen) atoms. The molecule has 0 saturated heterocycles. The standard InChI is InChI=1S/C11H24N2O2/c1-4-6-7-8-13(12)10(11(14)15)9(3)5-2/h9-10H,4-8,12H2,1-3H3,(H,14,15). The molecule has 0 heterocycles. The van der Waals surface area contributed by atoms with E-state index in [1.165, 1.54) is 5.01 Å². The molecule has 4 heteroatoms. The molecule has 0 spiro atoms. The Bertz CT molecular complexity index is 185. The Morgan fingerprint density at radius 3 is 2.40 bits per heavy atom. The minimum absolute atomic E-state index is 0.0918. The van der Waals surface area contributed by atoms with E-state index in [9.17, 15) is 4.79 Å². The molecule has 0 aromatic rings. The van der Waals surface area contributed by atoms with E-state index >= 15 is 0 Å². The number of hydrogen-bond acceptors (Lipinski definition) is 3. The highest BCUT2D eigenvalue weighted by molar-refractivity contribution is 5.73. The Kier molecular flexibility index (Phi) is 7.34. The number of nitrogens with two attached hydrogens (primary N) is 1. The molecule has 0 aliphatic rings. The van der Waals surface area contributed by atoms with Crippen LogP contribution >= 0.6 is 0 Å². The van der Waals surface area contributed by atoms with Gasteiger partial charge in [-0.25, -0.2) is 5.01 Å². The molecule has 0 rings (SSSR count). The zero-order valence-corrected chi connectivity index (χ0v) is 10.1. The molecule has 2 unspecified atom stereocenters. The molecular formula is C11H24N2O2. The fourth-order valence-corrected chi connectivity index (χ4v) is 1.62. The van der Waals surface area contributed by atoms with Gasteiger partial charge in [-0.3, -0.25) is 10.6 Å². The maximum atomic E-state index is 11.1. The predicted molar refractivity (Wildman–Crippen MR) is 61.3 cm³/mol. The number of hydrazine groups is 1. The third kappa shape index (κ3) is 5.14. The van der Waals surface area contributed by atoms with Crippen molar-refractivity contribution in [2.24, 2.45) is 11.8 Å². The van der Waals surface area contributed by atoms with Gasteiger partial charge < -0.3 is 5.11 Å². The van der Waals surface area contributed by atoms with Gasteiger partial charge in [0.25, 0.3) is 0 Å². The number of carboxylic acids is 1. The van der Waals surface area contributed by atoms with E-state index in [0.29, 0.717) is 6.54 Å². The second-order valence-corrected chi connectivity index (χ2v) is 4.11. The highest BCUT2D eigenvalue weighted by atomic mass is 16.4. The van der Waals surface area contributed by atoms with Crippen LogP contribution in [0.15, 0.2) is 0 Å². The first-order valence-corrected chi connectivity index (χ1v) is 5.78. The van der Waals surface area contributed by atoms with E-state index in [0.717, 1.165) is 25.7 Å². The Morgan fingerprint density at radius 1 is 1.40 bits per heavy atom. The number of aliphatic carboxylic acids is 1. The molecule has 0 aliphatic heterocycles. The summed E-state index contributed by atoms with van der Waals surface area (Å²) < 4.78 is 0. The largest absolute Gasteiger partial charge is 0.480 e. The highest BCUT2D eigenvalue weighted by Gasteiger charge is 2.27. The maximum Gasteiger partial charge on any atom is 0.322 e. The molecule has 0 amide bonds. The smallest absolute Gasteiger partial charge is 0.322 e. The van der Waals surface area contributed by atoms with Crippen molar-refractivity contribution in [1.82, 2.24) is 5.01 Å². The molecule has 3 N–H and O–H groups in total. The lowest BCUT2D eigenvalue weighted by atomic mass is 9.98. The molecule has 0 aromatic carbocycles. The van der Waals surface area contributed by atoms with Crippen molar-refractivity contribution in [1.29, 1.82) is 0 Å². The quantitative estimate of drug-likeness (QED) is 0.369. The second kappa shape index (κ2) is 7.65. The van der Waals surface area contributed by atoms with E-state index in [2.05, 4.69) is 6.92 Å². The van der Waals surface area contributed by atoms with E-state index in [-0.39, 0.29) is 5.92 Å². The van der Waals surface area contributed by atoms with Crippen LogP contribution in [-0.4, -0.2) is 28.7 Å². The lowest BCUT2D eigenvalue weighted by Gasteiger charge is -2.28. The predicted octanol–water partition coefficient (Wildman–Crippen LogP) is 1.85. The molecule has 0 radical (unpaired) electrons. The van der Waals surface area contributed by atoms with E-state index < -0.39 is 12.0 Å². The normalized spacial score (nSPS) is 15.3. The average molecular weight is 216 g/mol. The second-order valence-electron chi connectivity index (χ2n) is 4.11. The van der Waals surface area contributed by atoms with Crippen molar-refractivity contribution < 1.29 is 9.90 Å². The van der Waals surface area contributed by atoms with Gasteiger partial charge in [0.2, 0.25) is 0 Å². The summed E-state index contributed by atoms with van der Waals surface area (Å²) in [5.41, 5.74) is 0. The summed E-state index contributed by atoms with van der Waals surface area (Å²) in [6.45, 7) is 6.69. The first kappa shape index (κ1) is 14.4. The van der Waals surface area contributed by atoms with Crippen molar-refractivity contribution in [3.63, 3.8) is 0 Å². The van der Waals surface area contributed by atoms with Gasteiger partial charge in [0.1, 0.15) is 6.04 Å². The lowest BCUT2D eigenvalue weighted by Crippen LogP contribution is -2.49. The van der Waals surface area contributed by atoms with Gasteiger partial charge in [-0.1, -0.05) is 40.0 Å². The van der Waals surface area contributed by atoms with Gasteiger partial charge in [0.15, 0.2) is 0 Å². The van der Waals surface area contributed by atoms with Crippen LogP contribution < -0.4 is 5.84 Å². The Morgan fingerprint density at radius 2 is 2.00 bits per heavy atom. The molecule has 0 bridgehead atoms. The molecule has 2 atom stereocenters. The summed E-state index contributed by atoms with van der Waals surface area (Å²) in [5.74, 6) is 5.06. The van der Waals surface area contributed by atoms with Crippen molar-refractivity contribution in [3.05, 3.63) is 0 Å². The van der Waals surface area contributed by atoms with Gasteiger partial charge >= 0.3 is 5.97 Å². The Labute approximate surface area is 92.4 Å². The summed E-state index contributed by atoms with van der Waals surface area (Å²) in [6.07, 6.45) is 4.01. The average Bonchev–Trinajstić information content (AvgIpc) is 2.17. The summed E-state index contributed by atoms with van der Waals surface area (Å²) in [6, 6.07) is -0.549. The molecule has 90 valence electrons. The number of rotatable bonds is 8. The zero-order chi connectivity index (χ0) is 11.8. The monoisotopic (exact) mass is 216 g/mol. The minimum Gasteiger partial charge on any atom is -0.480 e. The van der Waals surface area contributed by atoms with Crippen LogP contribution in [0, 0.1) is 5.92 Å². The third-order valence-electron chi connectivity index (χ3n) is 2.81. The van der Waals surface area contributed by atoms with Crippen molar-refractivity contribution >= 4 is 5.97 Å². The topological polar surface area (TPSA) is 66.6 Å². The van der Waals surface area contributed by atoms with Gasteiger partial charge in [-0.2, -0.15) is 0 Å². The number of unbranched alkanes of at least 4 members (excludes halogenated alkanes) is 2. The molecule has 0 aliphatic carbocycles. The SMILES string of the molecule is CCCCCN(N)C(C(=O)O)C(C)CC. The number of nitrogens with zero attached hydrogens (tertiary/aromatic N) is 1. The fourth-order valence-electron chi connectivity index (χ4n) is 1.62. The Hall–Kier alpha value is -0.610. The summed E-state index contributed by atoms with van der Waals surface area (Å²) in [5, 5.41) is 10.6. The fraction of sp³-hybridized carbons (Fsp3) is 0.909. The van der Waals surface area contributed by atoms with Crippen LogP contribution in [-0.2, 0) is 4.79 Å². The molecular weight excluding hydrogens is 192 g/mol. The lowest BCUT2D eigenvalue weighted by molar-refractivity contribution is -0.145. The minimum atomic E-state index is -0.816. The first-order chi connectivity index (χ1) is 7.04. The number of hydrogen-bond donors (Lipinski definition) is 2. The van der Waals surface area contributed by atoms with Crippen LogP contribution in [0.3, 0.4) is 0 Å². The summed E-state index contributed by atoms with van der Waals surface area (Å²) >= 11 is 0. The van der Waals surface area contributed by atoms with Crippen molar-refractivity contribution in [2.45, 2.75) is 52.5 Å². The van der Waals surface area contributed by atoms with Crippen molar-refractivity contribution in [3.8, 4) is 0 Å². The van der Waals surface area contributed by atoms with Gasteiger partial charge in [-0.15, -0.1) is 0 Å². The highest BCUT2D eigenvalue weighted by Crippen LogP contribution is 2.13. The van der Waals surface area contributed by atoms with E-state index in [1.807, 2.05) is 13.8 Å². The van der Waals surface area contributed by atoms with Gasteiger partial charge in [0.05, 0.1) is 0 Å². The van der Waals surface area contributed by atoms with E-state index in [4.69, 9.17) is 10.9 Å². The molecule has 4 nitrogen and oxygen atoms in total. The summed E-state index contributed by atoms with van der Waals surface area (Å²) in [4.78, 5) is 11.1. The third-order valence-corrected chi connectivity index (χ3v) is 2.81. The van der Waals surface area contributed by atoms with Gasteiger partial charge in [-0.05, 0) is 12.3 Å². The Balaban J connectivity index is 4.17. The van der Waals surface area contributed by atoms with Crippen LogP contribution in [0.5, 0.6) is 0 Å². The van der Waals surface area contributed by atoms with Crippen LogP contribution in [0.4, 0.5) is 0 Å². The van der Waals surface area contributed by atoms with Crippen LogP contribution in [0.1, 0.15) is 46.5 Å². The van der Waals surface area contributed by atoms with Crippen LogP contribution in [0.2, 0.25) is 0 Å². The van der Waals surface area contributed by atoms with Gasteiger partial charge in [0, 0.05) is 6.54 Å².